The van der Waals surface area contributed by atoms with Crippen molar-refractivity contribution < 1.29 is 18.6 Å². The number of hydrogen-bond acceptors (Lipinski definition) is 9. The topological polar surface area (TPSA) is 122 Å². The lowest BCUT2D eigenvalue weighted by Crippen LogP contribution is -1.94. The van der Waals surface area contributed by atoms with Crippen LogP contribution < -0.4 is 15.2 Å². The highest BCUT2D eigenvalue weighted by atomic mass is 16.6. The highest BCUT2D eigenvalue weighted by Gasteiger charge is 2.17. The molecule has 2 heterocycles. The number of hydrogen-bond donors (Lipinski definition) is 1. The van der Waals surface area contributed by atoms with E-state index in [9.17, 15) is 0 Å². The highest BCUT2D eigenvalue weighted by molar-refractivity contribution is 5.61. The molecule has 2 N–H and O–H groups in total. The Morgan fingerprint density at radius 1 is 1.09 bits per heavy atom. The van der Waals surface area contributed by atoms with E-state index >= 15 is 0 Å². The average molecular weight is 303 g/mol. The molecule has 22 heavy (non-hydrogen) atoms. The number of nitrogens with zero attached hydrogens (tertiary/aromatic N) is 4. The van der Waals surface area contributed by atoms with Gasteiger partial charge in [0.1, 0.15) is 0 Å². The van der Waals surface area contributed by atoms with E-state index in [1.54, 1.807) is 14.2 Å². The molecule has 9 nitrogen and oxygen atoms in total. The van der Waals surface area contributed by atoms with Crippen LogP contribution in [0.4, 0.5) is 5.82 Å². The van der Waals surface area contributed by atoms with Crippen LogP contribution in [0.15, 0.2) is 27.4 Å². The minimum atomic E-state index is 0.110. The van der Waals surface area contributed by atoms with Gasteiger partial charge in [0.15, 0.2) is 23.0 Å². The minimum Gasteiger partial charge on any atom is -0.493 e. The van der Waals surface area contributed by atoms with Crippen molar-refractivity contribution in [3.63, 3.8) is 0 Å². The van der Waals surface area contributed by atoms with Crippen molar-refractivity contribution in [1.29, 1.82) is 0 Å². The summed E-state index contributed by atoms with van der Waals surface area (Å²) >= 11 is 0. The number of nitrogen functional groups attached to an aromatic ring is 1. The van der Waals surface area contributed by atoms with Gasteiger partial charge in [0.05, 0.1) is 20.6 Å². The van der Waals surface area contributed by atoms with Gasteiger partial charge in [-0.1, -0.05) is 11.2 Å². The van der Waals surface area contributed by atoms with E-state index in [0.29, 0.717) is 23.8 Å². The predicted molar refractivity (Wildman–Crippen MR) is 74.4 cm³/mol. The smallest absolute Gasteiger partial charge is 0.231 e. The Bertz CT molecular complexity index is 782. The van der Waals surface area contributed by atoms with Crippen molar-refractivity contribution in [3.8, 4) is 23.0 Å². The van der Waals surface area contributed by atoms with E-state index in [1.165, 1.54) is 0 Å². The van der Waals surface area contributed by atoms with Gasteiger partial charge in [-0.05, 0) is 28.0 Å². The molecule has 0 radical (unpaired) electrons. The summed E-state index contributed by atoms with van der Waals surface area (Å²) < 4.78 is 20.1. The second kappa shape index (κ2) is 5.72. The van der Waals surface area contributed by atoms with Crippen LogP contribution in [0, 0.1) is 0 Å². The molecule has 0 spiro atoms. The molecular formula is C13H13N5O4. The molecule has 9 heteroatoms. The molecule has 114 valence electrons. The summed E-state index contributed by atoms with van der Waals surface area (Å²) in [6.45, 7) is 0. The lowest BCUT2D eigenvalue weighted by molar-refractivity contribution is 0.310. The molecule has 0 atom stereocenters. The number of ether oxygens (including phenoxy) is 2. The summed E-state index contributed by atoms with van der Waals surface area (Å²) in [5.74, 6) is 2.03. The summed E-state index contributed by atoms with van der Waals surface area (Å²) in [5.41, 5.74) is 6.77. The second-order valence-electron chi connectivity index (χ2n) is 4.38. The second-order valence-corrected chi connectivity index (χ2v) is 4.38. The summed E-state index contributed by atoms with van der Waals surface area (Å²) in [5, 5.41) is 10.9. The number of methoxy groups -OCH3 is 2. The number of benzene rings is 1. The molecule has 0 aliphatic rings. The van der Waals surface area contributed by atoms with Gasteiger partial charge in [-0.25, -0.2) is 4.63 Å². The summed E-state index contributed by atoms with van der Waals surface area (Å²) in [7, 11) is 3.16. The third kappa shape index (κ3) is 2.55. The van der Waals surface area contributed by atoms with Crippen molar-refractivity contribution in [2.75, 3.05) is 20.0 Å². The zero-order chi connectivity index (χ0) is 15.5. The zero-order valence-electron chi connectivity index (χ0n) is 11.9. The van der Waals surface area contributed by atoms with Gasteiger partial charge in [0.2, 0.25) is 11.7 Å². The number of rotatable bonds is 5. The van der Waals surface area contributed by atoms with E-state index in [4.69, 9.17) is 19.7 Å². The molecule has 0 fully saturated rings. The Morgan fingerprint density at radius 2 is 1.91 bits per heavy atom. The molecule has 0 saturated carbocycles. The van der Waals surface area contributed by atoms with Gasteiger partial charge in [-0.2, -0.15) is 4.98 Å². The van der Waals surface area contributed by atoms with Crippen molar-refractivity contribution in [2.45, 2.75) is 6.42 Å². The van der Waals surface area contributed by atoms with Crippen molar-refractivity contribution >= 4 is 5.82 Å². The maximum absolute atomic E-state index is 5.58. The van der Waals surface area contributed by atoms with E-state index < -0.39 is 0 Å². The Balaban J connectivity index is 1.82. The number of aromatic nitrogens is 4. The van der Waals surface area contributed by atoms with Crippen molar-refractivity contribution in [1.82, 2.24) is 20.5 Å². The molecule has 0 aliphatic carbocycles. The fourth-order valence-electron chi connectivity index (χ4n) is 1.94. The summed E-state index contributed by atoms with van der Waals surface area (Å²) in [6, 6.07) is 5.54. The molecule has 1 aromatic carbocycles. The lowest BCUT2D eigenvalue weighted by atomic mass is 10.1. The van der Waals surface area contributed by atoms with E-state index in [-0.39, 0.29) is 17.3 Å². The van der Waals surface area contributed by atoms with Crippen LogP contribution in [0.25, 0.3) is 11.5 Å². The Morgan fingerprint density at radius 3 is 2.59 bits per heavy atom. The third-order valence-electron chi connectivity index (χ3n) is 3.00. The molecule has 2 aromatic heterocycles. The molecule has 3 aromatic rings. The highest BCUT2D eigenvalue weighted by Crippen LogP contribution is 2.28. The maximum atomic E-state index is 5.58. The Labute approximate surface area is 125 Å². The van der Waals surface area contributed by atoms with Crippen LogP contribution in [0.3, 0.4) is 0 Å². The number of nitrogens with two attached hydrogens (primary N) is 1. The van der Waals surface area contributed by atoms with Gasteiger partial charge in [0.25, 0.3) is 0 Å². The van der Waals surface area contributed by atoms with E-state index in [0.717, 1.165) is 5.56 Å². The van der Waals surface area contributed by atoms with Crippen LogP contribution in [0.5, 0.6) is 11.5 Å². The van der Waals surface area contributed by atoms with E-state index in [1.807, 2.05) is 18.2 Å². The molecular weight excluding hydrogens is 290 g/mol. The molecule has 0 amide bonds. The first-order valence-corrected chi connectivity index (χ1v) is 6.33. The fourth-order valence-corrected chi connectivity index (χ4v) is 1.94. The van der Waals surface area contributed by atoms with Crippen LogP contribution in [0.1, 0.15) is 11.5 Å². The first-order chi connectivity index (χ1) is 10.7. The van der Waals surface area contributed by atoms with Gasteiger partial charge in [0, 0.05) is 0 Å². The molecule has 0 unspecified atom stereocenters. The van der Waals surface area contributed by atoms with Gasteiger partial charge in [-0.3, -0.25) is 0 Å². The lowest BCUT2D eigenvalue weighted by Gasteiger charge is -2.08. The summed E-state index contributed by atoms with van der Waals surface area (Å²) in [6.07, 6.45) is 0.429. The normalized spacial score (nSPS) is 10.6. The quantitative estimate of drug-likeness (QED) is 0.743. The van der Waals surface area contributed by atoms with Crippen LogP contribution in [-0.4, -0.2) is 34.7 Å². The molecule has 0 aliphatic heterocycles. The van der Waals surface area contributed by atoms with Crippen LogP contribution in [-0.2, 0) is 6.42 Å². The van der Waals surface area contributed by atoms with Gasteiger partial charge >= 0.3 is 0 Å². The van der Waals surface area contributed by atoms with Crippen molar-refractivity contribution in [3.05, 3.63) is 29.7 Å². The largest absolute Gasteiger partial charge is 0.493 e. The van der Waals surface area contributed by atoms with Crippen LogP contribution in [0.2, 0.25) is 0 Å². The standard InChI is InChI=1S/C13H13N5O4/c1-19-8-4-3-7(5-9(8)20-2)6-10-15-13(18-21-10)11-12(14)17-22-16-11/h3-5H,6H2,1-2H3,(H2,14,17). The van der Waals surface area contributed by atoms with Crippen LogP contribution >= 0.6 is 0 Å². The van der Waals surface area contributed by atoms with Gasteiger partial charge in [-0.15, -0.1) is 0 Å². The molecule has 0 saturated heterocycles. The first kappa shape index (κ1) is 13.9. The van der Waals surface area contributed by atoms with Gasteiger partial charge < -0.3 is 19.7 Å². The molecule has 0 bridgehead atoms. The Hall–Kier alpha value is -3.10. The Kier molecular flexibility index (Phi) is 3.60. The van der Waals surface area contributed by atoms with Crippen molar-refractivity contribution in [2.24, 2.45) is 0 Å². The first-order valence-electron chi connectivity index (χ1n) is 6.33. The predicted octanol–water partition coefficient (Wildman–Crippen LogP) is 1.31. The monoisotopic (exact) mass is 303 g/mol. The van der Waals surface area contributed by atoms with E-state index in [2.05, 4.69) is 25.1 Å². The SMILES string of the molecule is COc1ccc(Cc2nc(-c3nonc3N)no2)cc1OC. The third-order valence-corrected chi connectivity index (χ3v) is 3.00. The minimum absolute atomic E-state index is 0.110. The average Bonchev–Trinajstić information content (AvgIpc) is 3.15. The fraction of sp³-hybridized carbons (Fsp3) is 0.231. The number of anilines is 1. The maximum Gasteiger partial charge on any atom is 0.231 e. The summed E-state index contributed by atoms with van der Waals surface area (Å²) in [4.78, 5) is 4.21. The zero-order valence-corrected chi connectivity index (χ0v) is 11.9. The molecule has 3 rings (SSSR count).